The second kappa shape index (κ2) is 8.99. The van der Waals surface area contributed by atoms with E-state index >= 15 is 0 Å². The molecule has 0 aliphatic carbocycles. The van der Waals surface area contributed by atoms with Crippen LogP contribution in [0.3, 0.4) is 0 Å². The van der Waals surface area contributed by atoms with Crippen LogP contribution in [0.25, 0.3) is 6.08 Å². The Hall–Kier alpha value is -2.29. The van der Waals surface area contributed by atoms with E-state index in [0.717, 1.165) is 28.2 Å². The van der Waals surface area contributed by atoms with Crippen molar-refractivity contribution in [3.05, 3.63) is 64.2 Å². The van der Waals surface area contributed by atoms with Crippen molar-refractivity contribution in [3.8, 4) is 0 Å². The Morgan fingerprint density at radius 2 is 1.78 bits per heavy atom. The number of aryl methyl sites for hydroxylation is 2. The largest absolute Gasteiger partial charge is 0.466 e. The summed E-state index contributed by atoms with van der Waals surface area (Å²) < 4.78 is 10.5. The maximum atomic E-state index is 11.3. The number of hydrogen-bond acceptors (Lipinski definition) is 3. The fourth-order valence-electron chi connectivity index (χ4n) is 2.10. The molecule has 23 heavy (non-hydrogen) atoms. The van der Waals surface area contributed by atoms with Gasteiger partial charge < -0.3 is 9.15 Å². The molecule has 1 rings (SSSR count). The highest BCUT2D eigenvalue weighted by molar-refractivity contribution is 5.83. The predicted octanol–water partition coefficient (Wildman–Crippen LogP) is 5.23. The summed E-state index contributed by atoms with van der Waals surface area (Å²) in [6.07, 6.45) is 11.4. The summed E-state index contributed by atoms with van der Waals surface area (Å²) in [5, 5.41) is 0. The Labute approximate surface area is 139 Å². The number of rotatable bonds is 6. The summed E-state index contributed by atoms with van der Waals surface area (Å²) in [6.45, 7) is 12.1. The van der Waals surface area contributed by atoms with Gasteiger partial charge in [-0.2, -0.15) is 0 Å². The van der Waals surface area contributed by atoms with Crippen LogP contribution in [0.5, 0.6) is 0 Å². The predicted molar refractivity (Wildman–Crippen MR) is 95.2 cm³/mol. The van der Waals surface area contributed by atoms with E-state index in [1.54, 1.807) is 6.92 Å². The molecule has 0 radical (unpaired) electrons. The van der Waals surface area contributed by atoms with Crippen LogP contribution in [0, 0.1) is 20.8 Å². The summed E-state index contributed by atoms with van der Waals surface area (Å²) in [4.78, 5) is 11.3. The van der Waals surface area contributed by atoms with E-state index in [9.17, 15) is 4.79 Å². The molecule has 0 unspecified atom stereocenters. The number of furan rings is 1. The first-order valence-corrected chi connectivity index (χ1v) is 7.79. The van der Waals surface area contributed by atoms with Crippen LogP contribution in [0.2, 0.25) is 0 Å². The van der Waals surface area contributed by atoms with E-state index in [1.807, 2.05) is 45.9 Å². The summed E-state index contributed by atoms with van der Waals surface area (Å²) in [5.74, 6) is 1.59. The van der Waals surface area contributed by atoms with Crippen LogP contribution in [-0.2, 0) is 9.53 Å². The molecule has 0 saturated heterocycles. The molecular formula is C20H26O3. The first-order chi connectivity index (χ1) is 10.8. The normalized spacial score (nSPS) is 13.3. The maximum absolute atomic E-state index is 11.3. The molecule has 0 N–H and O–H groups in total. The third-order valence-electron chi connectivity index (χ3n) is 3.48. The monoisotopic (exact) mass is 314 g/mol. The second-order valence-electron chi connectivity index (χ2n) is 5.50. The van der Waals surface area contributed by atoms with Crippen molar-refractivity contribution in [3.63, 3.8) is 0 Å². The van der Waals surface area contributed by atoms with Crippen LogP contribution < -0.4 is 0 Å². The fraction of sp³-hybridized carbons (Fsp3) is 0.350. The minimum absolute atomic E-state index is 0.309. The third kappa shape index (κ3) is 6.15. The van der Waals surface area contributed by atoms with Gasteiger partial charge in [0.25, 0.3) is 0 Å². The SMILES string of the molecule is CCOC(=O)C=C(C)C=CC=C(C)C=Cc1c(C)oc(C)c1C. The van der Waals surface area contributed by atoms with Gasteiger partial charge in [0.1, 0.15) is 11.5 Å². The van der Waals surface area contributed by atoms with E-state index in [1.165, 1.54) is 11.6 Å². The molecule has 0 bridgehead atoms. The highest BCUT2D eigenvalue weighted by Gasteiger charge is 2.07. The number of ether oxygens (including phenoxy) is 1. The maximum Gasteiger partial charge on any atom is 0.330 e. The van der Waals surface area contributed by atoms with Gasteiger partial charge in [0.05, 0.1) is 6.61 Å². The number of carbonyl (C=O) groups is 1. The zero-order valence-electron chi connectivity index (χ0n) is 14.9. The van der Waals surface area contributed by atoms with Crippen molar-refractivity contribution in [2.75, 3.05) is 6.61 Å². The highest BCUT2D eigenvalue weighted by atomic mass is 16.5. The second-order valence-corrected chi connectivity index (χ2v) is 5.50. The average molecular weight is 314 g/mol. The Balaban J connectivity index is 2.72. The lowest BCUT2D eigenvalue weighted by Gasteiger charge is -1.96. The minimum atomic E-state index is -0.309. The van der Waals surface area contributed by atoms with Gasteiger partial charge in [0.2, 0.25) is 0 Å². The van der Waals surface area contributed by atoms with Crippen molar-refractivity contribution in [1.29, 1.82) is 0 Å². The molecule has 0 spiro atoms. The Bertz CT molecular complexity index is 667. The van der Waals surface area contributed by atoms with Gasteiger partial charge in [0.15, 0.2) is 0 Å². The van der Waals surface area contributed by atoms with Crippen molar-refractivity contribution >= 4 is 12.0 Å². The lowest BCUT2D eigenvalue weighted by Crippen LogP contribution is -1.99. The third-order valence-corrected chi connectivity index (χ3v) is 3.48. The standard InChI is InChI=1S/C20H26O3/c1-7-22-20(21)13-15(3)10-8-9-14(2)11-12-19-16(4)17(5)23-18(19)6/h8-13H,7H2,1-6H3. The minimum Gasteiger partial charge on any atom is -0.466 e. The molecule has 3 nitrogen and oxygen atoms in total. The van der Waals surface area contributed by atoms with Crippen LogP contribution in [-0.4, -0.2) is 12.6 Å². The molecule has 1 aromatic heterocycles. The first kappa shape index (κ1) is 18.8. The van der Waals surface area contributed by atoms with Gasteiger partial charge in [0, 0.05) is 11.6 Å². The summed E-state index contributed by atoms with van der Waals surface area (Å²) in [7, 11) is 0. The van der Waals surface area contributed by atoms with Gasteiger partial charge >= 0.3 is 5.97 Å². The zero-order chi connectivity index (χ0) is 17.4. The molecule has 0 aromatic carbocycles. The van der Waals surface area contributed by atoms with E-state index in [-0.39, 0.29) is 5.97 Å². The number of hydrogen-bond donors (Lipinski definition) is 0. The quantitative estimate of drug-likeness (QED) is 0.410. The van der Waals surface area contributed by atoms with Crippen LogP contribution in [0.1, 0.15) is 43.4 Å². The number of allylic oxidation sites excluding steroid dienone is 6. The van der Waals surface area contributed by atoms with Crippen LogP contribution in [0.4, 0.5) is 0 Å². The Morgan fingerprint density at radius 3 is 2.35 bits per heavy atom. The molecule has 3 heteroatoms. The van der Waals surface area contributed by atoms with Gasteiger partial charge in [-0.05, 0) is 52.7 Å². The van der Waals surface area contributed by atoms with E-state index in [4.69, 9.17) is 9.15 Å². The summed E-state index contributed by atoms with van der Waals surface area (Å²) in [6, 6.07) is 0. The summed E-state index contributed by atoms with van der Waals surface area (Å²) in [5.41, 5.74) is 4.28. The molecule has 0 amide bonds. The lowest BCUT2D eigenvalue weighted by molar-refractivity contribution is -0.137. The van der Waals surface area contributed by atoms with Crippen molar-refractivity contribution < 1.29 is 13.9 Å². The fourth-order valence-corrected chi connectivity index (χ4v) is 2.10. The zero-order valence-corrected chi connectivity index (χ0v) is 14.9. The van der Waals surface area contributed by atoms with Gasteiger partial charge in [-0.15, -0.1) is 0 Å². The molecule has 0 atom stereocenters. The van der Waals surface area contributed by atoms with Gasteiger partial charge in [-0.1, -0.05) is 36.0 Å². The molecular weight excluding hydrogens is 288 g/mol. The molecule has 1 heterocycles. The van der Waals surface area contributed by atoms with Gasteiger partial charge in [-0.3, -0.25) is 0 Å². The molecule has 124 valence electrons. The van der Waals surface area contributed by atoms with E-state index < -0.39 is 0 Å². The Morgan fingerprint density at radius 1 is 1.09 bits per heavy atom. The van der Waals surface area contributed by atoms with Crippen molar-refractivity contribution in [2.24, 2.45) is 0 Å². The summed E-state index contributed by atoms with van der Waals surface area (Å²) >= 11 is 0. The van der Waals surface area contributed by atoms with E-state index in [0.29, 0.717) is 6.61 Å². The number of esters is 1. The molecule has 0 fully saturated rings. The smallest absolute Gasteiger partial charge is 0.330 e. The average Bonchev–Trinajstić information content (AvgIpc) is 2.70. The lowest BCUT2D eigenvalue weighted by atomic mass is 10.1. The van der Waals surface area contributed by atoms with E-state index in [2.05, 4.69) is 19.1 Å². The molecule has 0 saturated carbocycles. The molecule has 0 aliphatic rings. The van der Waals surface area contributed by atoms with Gasteiger partial charge in [-0.25, -0.2) is 4.79 Å². The highest BCUT2D eigenvalue weighted by Crippen LogP contribution is 2.22. The first-order valence-electron chi connectivity index (χ1n) is 7.79. The topological polar surface area (TPSA) is 39.4 Å². The molecule has 1 aromatic rings. The number of carbonyl (C=O) groups excluding carboxylic acids is 1. The van der Waals surface area contributed by atoms with Crippen molar-refractivity contribution in [2.45, 2.75) is 41.5 Å². The van der Waals surface area contributed by atoms with Crippen LogP contribution in [0.15, 0.2) is 45.9 Å². The van der Waals surface area contributed by atoms with Crippen LogP contribution >= 0.6 is 0 Å². The molecule has 0 aliphatic heterocycles. The van der Waals surface area contributed by atoms with Crippen molar-refractivity contribution in [1.82, 2.24) is 0 Å². The Kier molecular flexibility index (Phi) is 7.33.